The molecule has 1 fully saturated rings. The Morgan fingerprint density at radius 1 is 1.06 bits per heavy atom. The monoisotopic (exact) mass is 448 g/mol. The van der Waals surface area contributed by atoms with Crippen molar-refractivity contribution in [2.24, 2.45) is 0 Å². The fourth-order valence-corrected chi connectivity index (χ4v) is 4.63. The second-order valence-electron chi connectivity index (χ2n) is 7.35. The summed E-state index contributed by atoms with van der Waals surface area (Å²) in [5, 5.41) is 11.3. The molecule has 0 unspecified atom stereocenters. The van der Waals surface area contributed by atoms with Gasteiger partial charge in [-0.15, -0.1) is 0 Å². The van der Waals surface area contributed by atoms with Crippen molar-refractivity contribution >= 4 is 39.9 Å². The van der Waals surface area contributed by atoms with E-state index in [-0.39, 0.29) is 21.3 Å². The van der Waals surface area contributed by atoms with E-state index in [1.54, 1.807) is 43.3 Å². The highest BCUT2D eigenvalue weighted by atomic mass is 32.1. The Morgan fingerprint density at radius 3 is 2.34 bits per heavy atom. The van der Waals surface area contributed by atoms with Crippen molar-refractivity contribution in [3.8, 4) is 0 Å². The molecule has 1 saturated heterocycles. The number of thiazole rings is 1. The van der Waals surface area contributed by atoms with E-state index in [0.29, 0.717) is 16.8 Å². The Hall–Kier alpha value is -3.78. The number of hydrogen-bond acceptors (Lipinski definition) is 7. The largest absolute Gasteiger partial charge is 0.507 e. The Kier molecular flexibility index (Phi) is 5.63. The van der Waals surface area contributed by atoms with Gasteiger partial charge in [0.1, 0.15) is 10.6 Å². The van der Waals surface area contributed by atoms with Crippen LogP contribution in [0.4, 0.5) is 5.13 Å². The molecule has 32 heavy (non-hydrogen) atoms. The van der Waals surface area contributed by atoms with Gasteiger partial charge in [-0.25, -0.2) is 9.78 Å². The topological polar surface area (TPSA) is 96.8 Å². The van der Waals surface area contributed by atoms with Gasteiger partial charge in [-0.2, -0.15) is 0 Å². The van der Waals surface area contributed by atoms with E-state index in [1.807, 2.05) is 25.1 Å². The molecule has 1 atom stereocenters. The number of ketones is 1. The van der Waals surface area contributed by atoms with Gasteiger partial charge in [-0.05, 0) is 19.4 Å². The lowest BCUT2D eigenvalue weighted by atomic mass is 9.95. The van der Waals surface area contributed by atoms with Gasteiger partial charge in [-0.3, -0.25) is 14.5 Å². The van der Waals surface area contributed by atoms with E-state index in [0.717, 1.165) is 16.9 Å². The number of aliphatic hydroxyl groups excluding tert-OH is 1. The van der Waals surface area contributed by atoms with E-state index in [2.05, 4.69) is 4.98 Å². The second-order valence-corrected chi connectivity index (χ2v) is 8.33. The lowest BCUT2D eigenvalue weighted by Crippen LogP contribution is -2.29. The summed E-state index contributed by atoms with van der Waals surface area (Å²) in [5.41, 5.74) is 2.42. The quantitative estimate of drug-likeness (QED) is 0.278. The highest BCUT2D eigenvalue weighted by Gasteiger charge is 2.48. The van der Waals surface area contributed by atoms with Crippen LogP contribution in [0.1, 0.15) is 38.1 Å². The summed E-state index contributed by atoms with van der Waals surface area (Å²) in [6, 6.07) is 15.1. The molecule has 8 heteroatoms. The van der Waals surface area contributed by atoms with Gasteiger partial charge >= 0.3 is 11.9 Å². The first-order valence-corrected chi connectivity index (χ1v) is 10.6. The van der Waals surface area contributed by atoms with Crippen LogP contribution in [-0.4, -0.2) is 34.9 Å². The maximum absolute atomic E-state index is 13.1. The zero-order valence-corrected chi connectivity index (χ0v) is 18.5. The Morgan fingerprint density at radius 2 is 1.72 bits per heavy atom. The van der Waals surface area contributed by atoms with Crippen molar-refractivity contribution < 1.29 is 24.2 Å². The summed E-state index contributed by atoms with van der Waals surface area (Å²) in [4.78, 5) is 44.2. The van der Waals surface area contributed by atoms with Crippen LogP contribution in [0.3, 0.4) is 0 Å². The highest BCUT2D eigenvalue weighted by molar-refractivity contribution is 7.17. The minimum absolute atomic E-state index is 0.0301. The number of ether oxygens (including phenoxy) is 1. The summed E-state index contributed by atoms with van der Waals surface area (Å²) < 4.78 is 4.79. The van der Waals surface area contributed by atoms with Gasteiger partial charge in [0.25, 0.3) is 5.78 Å². The molecular weight excluding hydrogens is 428 g/mol. The van der Waals surface area contributed by atoms with Crippen molar-refractivity contribution in [3.63, 3.8) is 0 Å². The number of aryl methyl sites for hydroxylation is 2. The number of carbonyl (C=O) groups is 3. The zero-order chi connectivity index (χ0) is 23.0. The van der Waals surface area contributed by atoms with Crippen LogP contribution in [-0.2, 0) is 14.3 Å². The Labute approximate surface area is 188 Å². The number of anilines is 1. The van der Waals surface area contributed by atoms with E-state index < -0.39 is 23.7 Å². The standard InChI is InChI=1S/C24H20N2O5S/c1-13-9-11-16(12-10-13)19(27)17-18(15-7-5-4-6-8-15)26(22(29)20(17)28)24-25-14(2)21(32-24)23(30)31-3/h4-12,18,27H,1-3H3/t18-/m1/s1. The smallest absolute Gasteiger partial charge is 0.350 e. The van der Waals surface area contributed by atoms with Gasteiger partial charge in [0, 0.05) is 5.56 Å². The Balaban J connectivity index is 1.92. The summed E-state index contributed by atoms with van der Waals surface area (Å²) in [5.74, 6) is -2.47. The normalized spacial score (nSPS) is 17.6. The number of amides is 1. The maximum atomic E-state index is 13.1. The molecule has 1 amide bonds. The first-order valence-electron chi connectivity index (χ1n) is 9.82. The molecule has 2 heterocycles. The zero-order valence-electron chi connectivity index (χ0n) is 17.7. The molecule has 1 N–H and O–H groups in total. The molecular formula is C24H20N2O5S. The summed E-state index contributed by atoms with van der Waals surface area (Å²) in [6.07, 6.45) is 0. The van der Waals surface area contributed by atoms with Gasteiger partial charge < -0.3 is 9.84 Å². The van der Waals surface area contributed by atoms with Crippen LogP contribution in [0, 0.1) is 13.8 Å². The first kappa shape index (κ1) is 21.5. The number of carbonyl (C=O) groups excluding carboxylic acids is 3. The Bertz CT molecular complexity index is 1250. The molecule has 0 radical (unpaired) electrons. The number of aromatic nitrogens is 1. The number of benzene rings is 2. The summed E-state index contributed by atoms with van der Waals surface area (Å²) in [7, 11) is 1.26. The number of methoxy groups -OCH3 is 1. The van der Waals surface area contributed by atoms with Crippen LogP contribution in [0.2, 0.25) is 0 Å². The molecule has 0 saturated carbocycles. The molecule has 0 spiro atoms. The third kappa shape index (κ3) is 3.58. The number of nitrogens with zero attached hydrogens (tertiary/aromatic N) is 2. The number of Topliss-reactive ketones (excluding diaryl/α,β-unsaturated/α-hetero) is 1. The van der Waals surface area contributed by atoms with Crippen molar-refractivity contribution in [3.05, 3.63) is 87.4 Å². The lowest BCUT2D eigenvalue weighted by Gasteiger charge is -2.23. The molecule has 1 aliphatic rings. The van der Waals surface area contributed by atoms with Crippen LogP contribution in [0.5, 0.6) is 0 Å². The summed E-state index contributed by atoms with van der Waals surface area (Å²) >= 11 is 0.968. The first-order chi connectivity index (χ1) is 15.3. The third-order valence-electron chi connectivity index (χ3n) is 5.25. The van der Waals surface area contributed by atoms with Gasteiger partial charge in [0.05, 0.1) is 24.4 Å². The van der Waals surface area contributed by atoms with Crippen LogP contribution >= 0.6 is 11.3 Å². The number of rotatable bonds is 4. The number of aliphatic hydroxyl groups is 1. The molecule has 0 aliphatic carbocycles. The van der Waals surface area contributed by atoms with Crippen molar-refractivity contribution in [1.82, 2.24) is 4.98 Å². The van der Waals surface area contributed by atoms with E-state index >= 15 is 0 Å². The lowest BCUT2D eigenvalue weighted by molar-refractivity contribution is -0.132. The van der Waals surface area contributed by atoms with Gasteiger partial charge in [0.15, 0.2) is 5.13 Å². The molecule has 0 bridgehead atoms. The van der Waals surface area contributed by atoms with E-state index in [9.17, 15) is 19.5 Å². The fourth-order valence-electron chi connectivity index (χ4n) is 3.61. The van der Waals surface area contributed by atoms with Gasteiger partial charge in [-0.1, -0.05) is 71.5 Å². The molecule has 162 valence electrons. The van der Waals surface area contributed by atoms with Crippen molar-refractivity contribution in [2.45, 2.75) is 19.9 Å². The average molecular weight is 449 g/mol. The number of esters is 1. The SMILES string of the molecule is COC(=O)c1sc(N2C(=O)C(=O)C(=C(O)c3ccc(C)cc3)[C@H]2c2ccccc2)nc1C. The third-order valence-corrected chi connectivity index (χ3v) is 6.38. The van der Waals surface area contributed by atoms with Crippen molar-refractivity contribution in [2.75, 3.05) is 12.0 Å². The molecule has 1 aromatic heterocycles. The minimum atomic E-state index is -0.895. The predicted octanol–water partition coefficient (Wildman–Crippen LogP) is 4.17. The van der Waals surface area contributed by atoms with Crippen LogP contribution < -0.4 is 4.90 Å². The van der Waals surface area contributed by atoms with Crippen LogP contribution in [0.15, 0.2) is 60.2 Å². The number of hydrogen-bond donors (Lipinski definition) is 1. The van der Waals surface area contributed by atoms with Crippen LogP contribution in [0.25, 0.3) is 5.76 Å². The predicted molar refractivity (Wildman–Crippen MR) is 121 cm³/mol. The molecule has 3 aromatic rings. The molecule has 7 nitrogen and oxygen atoms in total. The minimum Gasteiger partial charge on any atom is -0.507 e. The second kappa shape index (κ2) is 8.39. The van der Waals surface area contributed by atoms with E-state index in [4.69, 9.17) is 4.74 Å². The highest BCUT2D eigenvalue weighted by Crippen LogP contribution is 2.43. The maximum Gasteiger partial charge on any atom is 0.350 e. The molecule has 2 aromatic carbocycles. The summed E-state index contributed by atoms with van der Waals surface area (Å²) in [6.45, 7) is 3.54. The average Bonchev–Trinajstić information content (AvgIpc) is 3.31. The molecule has 1 aliphatic heterocycles. The fraction of sp³-hybridized carbons (Fsp3) is 0.167. The van der Waals surface area contributed by atoms with E-state index in [1.165, 1.54) is 12.0 Å². The molecule has 4 rings (SSSR count). The van der Waals surface area contributed by atoms with Gasteiger partial charge in [0.2, 0.25) is 0 Å². The van der Waals surface area contributed by atoms with Crippen molar-refractivity contribution in [1.29, 1.82) is 0 Å².